The van der Waals surface area contributed by atoms with E-state index in [2.05, 4.69) is 35.9 Å². The summed E-state index contributed by atoms with van der Waals surface area (Å²) in [6, 6.07) is 0. The van der Waals surface area contributed by atoms with E-state index in [4.69, 9.17) is 30.0 Å². The van der Waals surface area contributed by atoms with Gasteiger partial charge >= 0.3 is 19.5 Å². The average molecular weight is 395 g/mol. The van der Waals surface area contributed by atoms with Crippen molar-refractivity contribution >= 4 is 48.0 Å². The Morgan fingerprint density at radius 3 is 2.32 bits per heavy atom. The number of morpholine rings is 1. The summed E-state index contributed by atoms with van der Waals surface area (Å²) in [5, 5.41) is 21.2. The van der Waals surface area contributed by atoms with Crippen molar-refractivity contribution in [3.05, 3.63) is 0 Å². The van der Waals surface area contributed by atoms with Crippen LogP contribution in [0.5, 0.6) is 0 Å². The first-order valence-corrected chi connectivity index (χ1v) is 7.30. The SMILES string of the molecule is CNC([S-])=NN=CC=NN=C([S-])NCCN1CCOCC1.[Zn+2]. The molecule has 1 fully saturated rings. The van der Waals surface area contributed by atoms with Crippen LogP contribution in [0, 0.1) is 0 Å². The van der Waals surface area contributed by atoms with Gasteiger partial charge in [0.1, 0.15) is 0 Å². The number of nitrogens with one attached hydrogen (secondary N) is 2. The van der Waals surface area contributed by atoms with Crippen molar-refractivity contribution in [3.8, 4) is 0 Å². The summed E-state index contributed by atoms with van der Waals surface area (Å²) in [5.41, 5.74) is 0. The van der Waals surface area contributed by atoms with E-state index in [0.29, 0.717) is 10.3 Å². The molecule has 1 aliphatic heterocycles. The molecule has 0 amide bonds. The first-order chi connectivity index (χ1) is 10.2. The quantitative estimate of drug-likeness (QED) is 0.196. The summed E-state index contributed by atoms with van der Waals surface area (Å²) >= 11 is 9.80. The van der Waals surface area contributed by atoms with Crippen LogP contribution >= 0.6 is 0 Å². The Hall–Kier alpha value is -0.737. The standard InChI is InChI=1S/C11H21N7OS2.Zn/c1-12-10(20)16-14-2-3-15-17-11(21)13-4-5-18-6-8-19-9-7-18;/h2-3H,4-9H2,1H3,(H2,12,16,20)(H2,13,17,21);/q;+2/p-2. The number of amidine groups is 2. The predicted molar refractivity (Wildman–Crippen MR) is 90.9 cm³/mol. The maximum absolute atomic E-state index is 5.28. The van der Waals surface area contributed by atoms with Gasteiger partial charge in [-0.25, -0.2) is 0 Å². The first-order valence-electron chi connectivity index (χ1n) is 6.48. The van der Waals surface area contributed by atoms with Gasteiger partial charge in [-0.15, -0.1) is 0 Å². The normalized spacial score (nSPS) is 17.7. The van der Waals surface area contributed by atoms with Gasteiger partial charge in [-0.05, 0) is 10.3 Å². The van der Waals surface area contributed by atoms with Gasteiger partial charge in [0.25, 0.3) is 0 Å². The Bertz CT molecular complexity index is 411. The molecule has 0 aromatic heterocycles. The maximum Gasteiger partial charge on any atom is 2.00 e. The fourth-order valence-electron chi connectivity index (χ4n) is 1.46. The summed E-state index contributed by atoms with van der Waals surface area (Å²) in [6.45, 7) is 5.14. The molecule has 0 atom stereocenters. The van der Waals surface area contributed by atoms with Crippen molar-refractivity contribution < 1.29 is 24.2 Å². The molecule has 11 heteroatoms. The summed E-state index contributed by atoms with van der Waals surface area (Å²) in [7, 11) is 1.67. The number of hydrogen-bond donors (Lipinski definition) is 2. The molecule has 2 N–H and O–H groups in total. The molecule has 118 valence electrons. The van der Waals surface area contributed by atoms with Crippen LogP contribution in [0.25, 0.3) is 0 Å². The molecular formula is C11H19N7OS2Zn. The topological polar surface area (TPSA) is 86.0 Å². The summed E-state index contributed by atoms with van der Waals surface area (Å²) in [5.74, 6) is 0. The third-order valence-electron chi connectivity index (χ3n) is 2.52. The van der Waals surface area contributed by atoms with Crippen molar-refractivity contribution in [1.29, 1.82) is 0 Å². The molecule has 1 aliphatic rings. The molecule has 1 rings (SSSR count). The van der Waals surface area contributed by atoms with Crippen LogP contribution in [0.15, 0.2) is 20.4 Å². The van der Waals surface area contributed by atoms with Gasteiger partial charge in [-0.1, -0.05) is 0 Å². The maximum atomic E-state index is 5.28. The number of hydrogen-bond acceptors (Lipinski definition) is 8. The molecular weight excluding hydrogens is 376 g/mol. The Kier molecular flexibility index (Phi) is 13.4. The second kappa shape index (κ2) is 13.9. The van der Waals surface area contributed by atoms with Gasteiger partial charge < -0.3 is 40.6 Å². The molecule has 1 heterocycles. The molecule has 0 aromatic carbocycles. The van der Waals surface area contributed by atoms with Crippen molar-refractivity contribution in [2.24, 2.45) is 20.4 Å². The zero-order valence-electron chi connectivity index (χ0n) is 12.6. The number of nitrogens with zero attached hydrogens (tertiary/aromatic N) is 5. The van der Waals surface area contributed by atoms with E-state index in [1.807, 2.05) is 0 Å². The Morgan fingerprint density at radius 1 is 1.14 bits per heavy atom. The second-order valence-electron chi connectivity index (χ2n) is 3.97. The van der Waals surface area contributed by atoms with Crippen LogP contribution < -0.4 is 10.6 Å². The molecule has 0 aromatic rings. The molecule has 8 nitrogen and oxygen atoms in total. The molecule has 22 heavy (non-hydrogen) atoms. The number of ether oxygens (including phenoxy) is 1. The molecule has 0 bridgehead atoms. The smallest absolute Gasteiger partial charge is 0.741 e. The van der Waals surface area contributed by atoms with Crippen molar-refractivity contribution in [3.63, 3.8) is 0 Å². The first kappa shape index (κ1) is 21.3. The van der Waals surface area contributed by atoms with Crippen LogP contribution in [-0.2, 0) is 49.5 Å². The van der Waals surface area contributed by atoms with Gasteiger partial charge in [0, 0.05) is 33.2 Å². The fraction of sp³-hybridized carbons (Fsp3) is 0.636. The third-order valence-corrected chi connectivity index (χ3v) is 3.03. The molecule has 0 unspecified atom stereocenters. The van der Waals surface area contributed by atoms with Gasteiger partial charge in [0.05, 0.1) is 25.6 Å². The molecule has 0 spiro atoms. The van der Waals surface area contributed by atoms with Gasteiger partial charge in [-0.3, -0.25) is 4.90 Å². The van der Waals surface area contributed by atoms with Gasteiger partial charge in [-0.2, -0.15) is 20.4 Å². The summed E-state index contributed by atoms with van der Waals surface area (Å²) in [6.07, 6.45) is 2.77. The van der Waals surface area contributed by atoms with E-state index in [9.17, 15) is 0 Å². The van der Waals surface area contributed by atoms with E-state index in [1.165, 1.54) is 12.4 Å². The minimum Gasteiger partial charge on any atom is -0.741 e. The Labute approximate surface area is 154 Å². The summed E-state index contributed by atoms with van der Waals surface area (Å²) in [4.78, 5) is 2.31. The Morgan fingerprint density at radius 2 is 1.73 bits per heavy atom. The van der Waals surface area contributed by atoms with Gasteiger partial charge in [0.2, 0.25) is 0 Å². The molecule has 0 aliphatic carbocycles. The zero-order chi connectivity index (χ0) is 15.3. The third kappa shape index (κ3) is 10.9. The monoisotopic (exact) mass is 393 g/mol. The van der Waals surface area contributed by atoms with Gasteiger partial charge in [0.15, 0.2) is 0 Å². The largest absolute Gasteiger partial charge is 2.00 e. The van der Waals surface area contributed by atoms with E-state index in [1.54, 1.807) is 7.05 Å². The van der Waals surface area contributed by atoms with E-state index < -0.39 is 0 Å². The van der Waals surface area contributed by atoms with Crippen molar-refractivity contribution in [2.75, 3.05) is 46.4 Å². The van der Waals surface area contributed by atoms with Crippen molar-refractivity contribution in [1.82, 2.24) is 15.5 Å². The minimum absolute atomic E-state index is 0. The minimum atomic E-state index is 0. The average Bonchev–Trinajstić information content (AvgIpc) is 2.51. The van der Waals surface area contributed by atoms with Crippen LogP contribution in [0.3, 0.4) is 0 Å². The van der Waals surface area contributed by atoms with Crippen LogP contribution in [0.4, 0.5) is 0 Å². The number of rotatable bonds is 6. The summed E-state index contributed by atoms with van der Waals surface area (Å²) < 4.78 is 5.28. The van der Waals surface area contributed by atoms with Crippen molar-refractivity contribution in [2.45, 2.75) is 0 Å². The molecule has 0 saturated carbocycles. The predicted octanol–water partition coefficient (Wildman–Crippen LogP) is -1.10. The zero-order valence-corrected chi connectivity index (χ0v) is 17.2. The fourth-order valence-corrected chi connectivity index (χ4v) is 1.66. The Balaban J connectivity index is 0.00000441. The van der Waals surface area contributed by atoms with Crippen LogP contribution in [0.1, 0.15) is 0 Å². The van der Waals surface area contributed by atoms with E-state index in [0.717, 1.165) is 39.4 Å². The van der Waals surface area contributed by atoms with Crippen LogP contribution in [0.2, 0.25) is 0 Å². The van der Waals surface area contributed by atoms with E-state index >= 15 is 0 Å². The van der Waals surface area contributed by atoms with E-state index in [-0.39, 0.29) is 19.5 Å². The molecule has 0 radical (unpaired) electrons. The second-order valence-corrected chi connectivity index (χ2v) is 4.74. The molecule has 1 saturated heterocycles. The van der Waals surface area contributed by atoms with Crippen LogP contribution in [-0.4, -0.2) is 74.1 Å².